The summed E-state index contributed by atoms with van der Waals surface area (Å²) in [4.78, 5) is 4.51. The highest BCUT2D eigenvalue weighted by atomic mass is 16.3. The molecule has 34 heavy (non-hydrogen) atoms. The lowest BCUT2D eigenvalue weighted by Gasteiger charge is -2.19. The molecule has 3 heteroatoms. The molecule has 1 aliphatic carbocycles. The summed E-state index contributed by atoms with van der Waals surface area (Å²) >= 11 is 0. The molecule has 1 aliphatic rings. The van der Waals surface area contributed by atoms with Crippen LogP contribution >= 0.6 is 0 Å². The molecule has 0 radical (unpaired) electrons. The minimum absolute atomic E-state index is 0.144. The molecule has 0 saturated heterocycles. The van der Waals surface area contributed by atoms with Gasteiger partial charge in [-0.3, -0.25) is 4.98 Å². The fourth-order valence-corrected chi connectivity index (χ4v) is 5.40. The zero-order valence-corrected chi connectivity index (χ0v) is 20.0. The molecule has 0 aliphatic heterocycles. The Bertz CT molecular complexity index is 1890. The van der Waals surface area contributed by atoms with Gasteiger partial charge in [0.25, 0.3) is 0 Å². The van der Waals surface area contributed by atoms with E-state index in [9.17, 15) is 0 Å². The summed E-state index contributed by atoms with van der Waals surface area (Å²) in [6.07, 6.45) is 3.22. The van der Waals surface area contributed by atoms with Crippen LogP contribution in [-0.2, 0) is 12.5 Å². The summed E-state index contributed by atoms with van der Waals surface area (Å²) < 4.78 is 66.7. The maximum atomic E-state index is 8.72. The summed E-state index contributed by atoms with van der Waals surface area (Å²) in [5.41, 5.74) is 5.79. The quantitative estimate of drug-likeness (QED) is 0.258. The van der Waals surface area contributed by atoms with Gasteiger partial charge in [-0.1, -0.05) is 45.8 Å². The van der Waals surface area contributed by atoms with Crippen molar-refractivity contribution in [2.24, 2.45) is 7.05 Å². The Labute approximate surface area is 210 Å². The van der Waals surface area contributed by atoms with Crippen molar-refractivity contribution in [2.75, 3.05) is 0 Å². The Hall–Kier alpha value is -3.46. The van der Waals surface area contributed by atoms with Gasteiger partial charge >= 0.3 is 0 Å². The first-order valence-corrected chi connectivity index (χ1v) is 11.5. The van der Waals surface area contributed by atoms with Crippen molar-refractivity contribution < 1.29 is 18.6 Å². The van der Waals surface area contributed by atoms with Crippen molar-refractivity contribution in [1.29, 1.82) is 0 Å². The number of hydrogen-bond acceptors (Lipinski definition) is 2. The van der Waals surface area contributed by atoms with Crippen LogP contribution in [0, 0.1) is 13.8 Å². The average Bonchev–Trinajstić information content (AvgIpc) is 3.35. The van der Waals surface area contributed by atoms with Crippen LogP contribution in [0.3, 0.4) is 0 Å². The molecule has 3 aromatic heterocycles. The Kier molecular flexibility index (Phi) is 3.04. The van der Waals surface area contributed by atoms with Crippen LogP contribution in [-0.4, -0.2) is 4.98 Å². The fourth-order valence-electron chi connectivity index (χ4n) is 5.40. The second kappa shape index (κ2) is 7.02. The highest BCUT2D eigenvalue weighted by Crippen LogP contribution is 2.50. The molecule has 5 aromatic rings. The zero-order valence-electron chi connectivity index (χ0n) is 27.0. The maximum absolute atomic E-state index is 8.72. The summed E-state index contributed by atoms with van der Waals surface area (Å²) in [5, 5.41) is 1.62. The summed E-state index contributed by atoms with van der Waals surface area (Å²) in [6, 6.07) is 13.3. The van der Waals surface area contributed by atoms with Crippen molar-refractivity contribution in [3.63, 3.8) is 0 Å². The molecule has 0 saturated carbocycles. The molecule has 0 N–H and O–H groups in total. The number of nitrogens with zero attached hydrogens (tertiary/aromatic N) is 2. The van der Waals surface area contributed by atoms with E-state index in [-0.39, 0.29) is 5.56 Å². The van der Waals surface area contributed by atoms with Gasteiger partial charge in [0.05, 0.1) is 11.3 Å². The zero-order chi connectivity index (χ0) is 29.9. The lowest BCUT2D eigenvalue weighted by Crippen LogP contribution is -2.32. The predicted octanol–water partition coefficient (Wildman–Crippen LogP) is 7.52. The van der Waals surface area contributed by atoms with E-state index in [1.807, 2.05) is 43.3 Å². The average molecular weight is 455 g/mol. The number of benzene rings is 2. The summed E-state index contributed by atoms with van der Waals surface area (Å²) in [6.45, 7) is 2.38. The first-order valence-electron chi connectivity index (χ1n) is 15.0. The van der Waals surface area contributed by atoms with Gasteiger partial charge in [0.1, 0.15) is 18.2 Å². The standard InChI is InChI=1S/C31H31N2O/c1-17(2)22-14-26(33(7)16-19(22)4)28-18(3)10-11-20-24-13-25-23(15-27(24)34-29(20)28)21-9-8-12-32-30(21)31(25,5)6/h8-17H,1-7H3/q+1/i4D3,5D3,17D. The first kappa shape index (κ1) is 14.7. The minimum Gasteiger partial charge on any atom is -0.455 e. The highest BCUT2D eigenvalue weighted by molar-refractivity contribution is 6.11. The molecule has 0 amide bonds. The molecular formula is C31H31N2O+. The fraction of sp³-hybridized carbons (Fsp3) is 0.290. The lowest BCUT2D eigenvalue weighted by atomic mass is 9.84. The molecular weight excluding hydrogens is 416 g/mol. The van der Waals surface area contributed by atoms with E-state index in [1.54, 1.807) is 50.8 Å². The van der Waals surface area contributed by atoms with Gasteiger partial charge < -0.3 is 4.42 Å². The summed E-state index contributed by atoms with van der Waals surface area (Å²) in [7, 11) is 1.80. The second-order valence-corrected chi connectivity index (χ2v) is 9.75. The third kappa shape index (κ3) is 2.76. The van der Waals surface area contributed by atoms with Crippen LogP contribution in [0.25, 0.3) is 44.3 Å². The minimum atomic E-state index is -2.37. The van der Waals surface area contributed by atoms with E-state index in [1.165, 1.54) is 0 Å². The monoisotopic (exact) mass is 454 g/mol. The highest BCUT2D eigenvalue weighted by Gasteiger charge is 2.37. The van der Waals surface area contributed by atoms with Crippen LogP contribution < -0.4 is 4.57 Å². The normalized spacial score (nSPS) is 21.1. The van der Waals surface area contributed by atoms with Gasteiger partial charge in [-0.05, 0) is 60.1 Å². The van der Waals surface area contributed by atoms with Crippen molar-refractivity contribution in [1.82, 2.24) is 4.98 Å². The number of fused-ring (bicyclic) bond motifs is 6. The van der Waals surface area contributed by atoms with Gasteiger partial charge in [0.15, 0.2) is 6.20 Å². The van der Waals surface area contributed by atoms with Crippen molar-refractivity contribution in [3.05, 3.63) is 82.8 Å². The number of aryl methyl sites for hydroxylation is 3. The van der Waals surface area contributed by atoms with Gasteiger partial charge in [0, 0.05) is 49.2 Å². The Morgan fingerprint density at radius 3 is 2.71 bits per heavy atom. The molecule has 170 valence electrons. The van der Waals surface area contributed by atoms with E-state index >= 15 is 0 Å². The third-order valence-electron chi connectivity index (χ3n) is 7.17. The van der Waals surface area contributed by atoms with E-state index in [0.717, 1.165) is 38.7 Å². The Morgan fingerprint density at radius 1 is 1.09 bits per heavy atom. The van der Waals surface area contributed by atoms with Crippen molar-refractivity contribution >= 4 is 21.9 Å². The van der Waals surface area contributed by atoms with Crippen LogP contribution in [0.5, 0.6) is 0 Å². The van der Waals surface area contributed by atoms with Crippen LogP contribution in [0.2, 0.25) is 0 Å². The Balaban J connectivity index is 1.67. The lowest BCUT2D eigenvalue weighted by molar-refractivity contribution is -0.660. The third-order valence-corrected chi connectivity index (χ3v) is 7.17. The van der Waals surface area contributed by atoms with Crippen LogP contribution in [0.1, 0.15) is 71.1 Å². The molecule has 6 rings (SSSR count). The van der Waals surface area contributed by atoms with E-state index in [0.29, 0.717) is 28.0 Å². The molecule has 0 spiro atoms. The smallest absolute Gasteiger partial charge is 0.216 e. The molecule has 0 fully saturated rings. The van der Waals surface area contributed by atoms with E-state index in [4.69, 9.17) is 14.0 Å². The van der Waals surface area contributed by atoms with Crippen LogP contribution in [0.4, 0.5) is 0 Å². The number of rotatable bonds is 2. The topological polar surface area (TPSA) is 29.9 Å². The molecule has 2 aromatic carbocycles. The van der Waals surface area contributed by atoms with Gasteiger partial charge in [-0.15, -0.1) is 0 Å². The second-order valence-electron chi connectivity index (χ2n) is 9.75. The number of pyridine rings is 2. The maximum Gasteiger partial charge on any atom is 0.216 e. The number of aromatic nitrogens is 2. The number of furan rings is 1. The molecule has 1 atom stereocenters. The SMILES string of the molecule is [2H]C([2H])([2H])c1c[n+](C)c(-c2c(C)ccc3c2oc2cc4c(cc23)C(C)(C([2H])([2H])[2H])c2ncccc2-4)cc1C([2H])(C)C. The van der Waals surface area contributed by atoms with Gasteiger partial charge in [0.2, 0.25) is 5.69 Å². The molecule has 3 nitrogen and oxygen atoms in total. The van der Waals surface area contributed by atoms with Crippen molar-refractivity contribution in [2.45, 2.75) is 52.7 Å². The first-order chi connectivity index (χ1) is 18.9. The molecule has 0 bridgehead atoms. The summed E-state index contributed by atoms with van der Waals surface area (Å²) in [5.74, 6) is -1.15. The van der Waals surface area contributed by atoms with Crippen molar-refractivity contribution in [3.8, 4) is 22.4 Å². The predicted molar refractivity (Wildman–Crippen MR) is 139 cm³/mol. The van der Waals surface area contributed by atoms with Gasteiger partial charge in [-0.25, -0.2) is 4.57 Å². The Morgan fingerprint density at radius 2 is 1.94 bits per heavy atom. The largest absolute Gasteiger partial charge is 0.455 e. The number of hydrogen-bond donors (Lipinski definition) is 0. The molecule has 3 heterocycles. The van der Waals surface area contributed by atoms with Gasteiger partial charge in [-0.2, -0.15) is 0 Å². The molecule has 1 unspecified atom stereocenters. The van der Waals surface area contributed by atoms with Crippen LogP contribution in [0.15, 0.2) is 59.3 Å². The van der Waals surface area contributed by atoms with E-state index < -0.39 is 25.0 Å². The van der Waals surface area contributed by atoms with E-state index in [2.05, 4.69) is 4.98 Å².